The molecule has 1 aliphatic rings. The van der Waals surface area contributed by atoms with Crippen molar-refractivity contribution in [1.82, 2.24) is 4.90 Å². The predicted octanol–water partition coefficient (Wildman–Crippen LogP) is 3.69. The van der Waals surface area contributed by atoms with Gasteiger partial charge in [0.05, 0.1) is 11.6 Å². The summed E-state index contributed by atoms with van der Waals surface area (Å²) in [6, 6.07) is 5.72. The molecule has 0 saturated carbocycles. The van der Waals surface area contributed by atoms with Crippen molar-refractivity contribution in [2.24, 2.45) is 0 Å². The van der Waals surface area contributed by atoms with Crippen LogP contribution in [0.15, 0.2) is 22.7 Å². The third-order valence-electron chi connectivity index (χ3n) is 3.48. The van der Waals surface area contributed by atoms with Crippen LogP contribution in [0.25, 0.3) is 0 Å². The van der Waals surface area contributed by atoms with Crippen LogP contribution >= 0.6 is 27.5 Å². The van der Waals surface area contributed by atoms with Crippen LogP contribution < -0.4 is 4.74 Å². The lowest BCUT2D eigenvalue weighted by molar-refractivity contribution is 0.0734. The topological polar surface area (TPSA) is 29.5 Å². The molecule has 0 bridgehead atoms. The minimum Gasteiger partial charge on any atom is -0.496 e. The lowest BCUT2D eigenvalue weighted by atomic mass is 10.1. The second-order valence-electron chi connectivity index (χ2n) is 4.62. The summed E-state index contributed by atoms with van der Waals surface area (Å²) in [5.74, 6) is 1.41. The van der Waals surface area contributed by atoms with Gasteiger partial charge in [-0.3, -0.25) is 4.79 Å². The van der Waals surface area contributed by atoms with Gasteiger partial charge in [-0.25, -0.2) is 0 Å². The van der Waals surface area contributed by atoms with Gasteiger partial charge in [-0.1, -0.05) is 0 Å². The maximum absolute atomic E-state index is 12.5. The third-order valence-corrected chi connectivity index (χ3v) is 4.32. The number of rotatable bonds is 4. The summed E-state index contributed by atoms with van der Waals surface area (Å²) in [6.07, 6.45) is 2.98. The number of alkyl halides is 1. The van der Waals surface area contributed by atoms with Gasteiger partial charge in [0, 0.05) is 24.0 Å². The van der Waals surface area contributed by atoms with E-state index in [4.69, 9.17) is 16.3 Å². The highest BCUT2D eigenvalue weighted by Gasteiger charge is 2.29. The Balaban J connectivity index is 2.17. The molecule has 2 rings (SSSR count). The zero-order valence-corrected chi connectivity index (χ0v) is 13.2. The van der Waals surface area contributed by atoms with Gasteiger partial charge in [-0.15, -0.1) is 11.6 Å². The Morgan fingerprint density at radius 1 is 1.58 bits per heavy atom. The van der Waals surface area contributed by atoms with Crippen molar-refractivity contribution in [2.45, 2.75) is 25.3 Å². The number of hydrogen-bond acceptors (Lipinski definition) is 2. The molecule has 1 unspecified atom stereocenters. The van der Waals surface area contributed by atoms with Gasteiger partial charge in [0.2, 0.25) is 0 Å². The maximum atomic E-state index is 12.5. The van der Waals surface area contributed by atoms with E-state index in [1.807, 2.05) is 23.1 Å². The van der Waals surface area contributed by atoms with Crippen LogP contribution in [0.2, 0.25) is 0 Å². The zero-order chi connectivity index (χ0) is 13.8. The Labute approximate surface area is 127 Å². The Hall–Kier alpha value is -0.740. The number of likely N-dealkylation sites (tertiary alicyclic amines) is 1. The van der Waals surface area contributed by atoms with E-state index >= 15 is 0 Å². The first-order valence-corrected chi connectivity index (χ1v) is 7.70. The highest BCUT2D eigenvalue weighted by molar-refractivity contribution is 9.10. The molecule has 3 nitrogen and oxygen atoms in total. The third kappa shape index (κ3) is 3.23. The fraction of sp³-hybridized carbons (Fsp3) is 0.500. The van der Waals surface area contributed by atoms with Crippen molar-refractivity contribution >= 4 is 33.4 Å². The Kier molecular flexibility index (Phi) is 5.11. The second-order valence-corrected chi connectivity index (χ2v) is 5.85. The first kappa shape index (κ1) is 14.7. The summed E-state index contributed by atoms with van der Waals surface area (Å²) < 4.78 is 5.98. The number of carbonyl (C=O) groups excluding carboxylic acids is 1. The van der Waals surface area contributed by atoms with Gasteiger partial charge in [0.25, 0.3) is 5.91 Å². The molecule has 0 aromatic heterocycles. The molecule has 0 N–H and O–H groups in total. The average Bonchev–Trinajstić information content (AvgIpc) is 2.86. The van der Waals surface area contributed by atoms with Crippen LogP contribution in [-0.4, -0.2) is 36.4 Å². The molecule has 19 heavy (non-hydrogen) atoms. The van der Waals surface area contributed by atoms with Crippen molar-refractivity contribution in [3.05, 3.63) is 28.2 Å². The fourth-order valence-electron chi connectivity index (χ4n) is 2.49. The molecule has 1 amide bonds. The van der Waals surface area contributed by atoms with E-state index in [1.165, 1.54) is 0 Å². The smallest absolute Gasteiger partial charge is 0.254 e. The van der Waals surface area contributed by atoms with Crippen LogP contribution in [-0.2, 0) is 0 Å². The van der Waals surface area contributed by atoms with Gasteiger partial charge in [0.15, 0.2) is 0 Å². The molecule has 104 valence electrons. The molecule has 0 radical (unpaired) electrons. The molecule has 1 aromatic rings. The minimum atomic E-state index is 0.0796. The number of nitrogens with zero attached hydrogens (tertiary/aromatic N) is 1. The maximum Gasteiger partial charge on any atom is 0.254 e. The van der Waals surface area contributed by atoms with Crippen molar-refractivity contribution in [3.63, 3.8) is 0 Å². The molecular formula is C14H17BrClNO2. The Morgan fingerprint density at radius 3 is 3.00 bits per heavy atom. The van der Waals surface area contributed by atoms with E-state index in [9.17, 15) is 4.79 Å². The van der Waals surface area contributed by atoms with Crippen LogP contribution in [0.3, 0.4) is 0 Å². The van der Waals surface area contributed by atoms with Crippen molar-refractivity contribution in [3.8, 4) is 5.75 Å². The summed E-state index contributed by atoms with van der Waals surface area (Å²) in [7, 11) is 1.61. The number of ether oxygens (including phenoxy) is 1. The molecule has 0 spiro atoms. The highest BCUT2D eigenvalue weighted by Crippen LogP contribution is 2.28. The van der Waals surface area contributed by atoms with Crippen LogP contribution in [0.5, 0.6) is 5.75 Å². The SMILES string of the molecule is COc1ccc(C(=O)N2CCCC2CCCl)cc1Br. The van der Waals surface area contributed by atoms with Crippen LogP contribution in [0.1, 0.15) is 29.6 Å². The second kappa shape index (κ2) is 6.62. The fourth-order valence-corrected chi connectivity index (χ4v) is 3.29. The van der Waals surface area contributed by atoms with Gasteiger partial charge >= 0.3 is 0 Å². The van der Waals surface area contributed by atoms with Crippen LogP contribution in [0.4, 0.5) is 0 Å². The molecule has 1 aromatic carbocycles. The molecule has 1 fully saturated rings. The van der Waals surface area contributed by atoms with Crippen molar-refractivity contribution in [2.75, 3.05) is 19.5 Å². The lowest BCUT2D eigenvalue weighted by Crippen LogP contribution is -2.35. The van der Waals surface area contributed by atoms with Crippen molar-refractivity contribution < 1.29 is 9.53 Å². The summed E-state index contributed by atoms with van der Waals surface area (Å²) in [6.45, 7) is 0.823. The molecular weight excluding hydrogens is 330 g/mol. The summed E-state index contributed by atoms with van der Waals surface area (Å²) in [4.78, 5) is 14.4. The molecule has 1 atom stereocenters. The van der Waals surface area contributed by atoms with E-state index in [2.05, 4.69) is 15.9 Å². The predicted molar refractivity (Wildman–Crippen MR) is 80.1 cm³/mol. The highest BCUT2D eigenvalue weighted by atomic mass is 79.9. The number of carbonyl (C=O) groups is 1. The Morgan fingerprint density at radius 2 is 2.37 bits per heavy atom. The van der Waals surface area contributed by atoms with E-state index in [1.54, 1.807) is 7.11 Å². The molecule has 1 aliphatic heterocycles. The van der Waals surface area contributed by atoms with E-state index in [-0.39, 0.29) is 11.9 Å². The first-order valence-electron chi connectivity index (χ1n) is 6.38. The normalized spacial score (nSPS) is 18.7. The standard InChI is InChI=1S/C14H17BrClNO2/c1-19-13-5-4-10(9-12(13)15)14(18)17-8-2-3-11(17)6-7-16/h4-5,9,11H,2-3,6-8H2,1H3. The number of benzene rings is 1. The monoisotopic (exact) mass is 345 g/mol. The summed E-state index contributed by atoms with van der Waals surface area (Å²) >= 11 is 9.21. The number of amides is 1. The molecule has 5 heteroatoms. The summed E-state index contributed by atoms with van der Waals surface area (Å²) in [5, 5.41) is 0. The van der Waals surface area contributed by atoms with Crippen LogP contribution in [0, 0.1) is 0 Å². The van der Waals surface area contributed by atoms with Gasteiger partial charge < -0.3 is 9.64 Å². The number of halogens is 2. The Bertz CT molecular complexity index is 467. The average molecular weight is 347 g/mol. The number of hydrogen-bond donors (Lipinski definition) is 0. The van der Waals surface area contributed by atoms with Crippen molar-refractivity contribution in [1.29, 1.82) is 0 Å². The van der Waals surface area contributed by atoms with E-state index < -0.39 is 0 Å². The van der Waals surface area contributed by atoms with E-state index in [0.29, 0.717) is 11.4 Å². The van der Waals surface area contributed by atoms with Gasteiger partial charge in [-0.05, 0) is 53.4 Å². The van der Waals surface area contributed by atoms with Gasteiger partial charge in [0.1, 0.15) is 5.75 Å². The molecule has 1 heterocycles. The molecule has 0 aliphatic carbocycles. The first-order chi connectivity index (χ1) is 9.17. The number of methoxy groups -OCH3 is 1. The lowest BCUT2D eigenvalue weighted by Gasteiger charge is -2.24. The van der Waals surface area contributed by atoms with E-state index in [0.717, 1.165) is 36.0 Å². The van der Waals surface area contributed by atoms with Gasteiger partial charge in [-0.2, -0.15) is 0 Å². The summed E-state index contributed by atoms with van der Waals surface area (Å²) in [5.41, 5.74) is 0.689. The quantitative estimate of drug-likeness (QED) is 0.778. The zero-order valence-electron chi connectivity index (χ0n) is 10.9. The minimum absolute atomic E-state index is 0.0796. The largest absolute Gasteiger partial charge is 0.496 e. The molecule has 1 saturated heterocycles.